The molecule has 3 rings (SSSR count). The molecule has 1 saturated heterocycles. The number of hydrogen-bond acceptors (Lipinski definition) is 4. The molecule has 1 fully saturated rings. The summed E-state index contributed by atoms with van der Waals surface area (Å²) >= 11 is 6.19. The largest absolute Gasteiger partial charge is 0.507 e. The molecule has 1 aromatic rings. The predicted octanol–water partition coefficient (Wildman–Crippen LogP) is 3.25. The third-order valence-electron chi connectivity index (χ3n) is 4.28. The number of rotatable bonds is 0. The quantitative estimate of drug-likeness (QED) is 0.619. The lowest BCUT2D eigenvalue weighted by atomic mass is 9.97. The van der Waals surface area contributed by atoms with E-state index in [0.717, 1.165) is 6.07 Å². The van der Waals surface area contributed by atoms with Crippen LogP contribution in [-0.4, -0.2) is 34.4 Å². The lowest BCUT2D eigenvalue weighted by Gasteiger charge is -2.18. The zero-order valence-corrected chi connectivity index (χ0v) is 14.6. The van der Waals surface area contributed by atoms with Gasteiger partial charge in [-0.1, -0.05) is 48.1 Å². The number of nitrogens with one attached hydrogen (secondary N) is 1. The van der Waals surface area contributed by atoms with E-state index in [1.807, 2.05) is 25.2 Å². The normalized spacial score (nSPS) is 29.0. The number of halogens is 1. The van der Waals surface area contributed by atoms with Crippen LogP contribution >= 0.6 is 11.6 Å². The highest BCUT2D eigenvalue weighted by atomic mass is 35.5. The second-order valence-electron chi connectivity index (χ2n) is 6.41. The van der Waals surface area contributed by atoms with E-state index in [0.29, 0.717) is 17.6 Å². The Hall–Kier alpha value is -2.24. The molecular formula is C19H20ClNO4. The van der Waals surface area contributed by atoms with Crippen molar-refractivity contribution in [2.45, 2.75) is 38.0 Å². The molecule has 25 heavy (non-hydrogen) atoms. The van der Waals surface area contributed by atoms with Crippen LogP contribution in [0.2, 0.25) is 5.02 Å². The highest BCUT2D eigenvalue weighted by Gasteiger charge is 2.37. The Balaban J connectivity index is 2.01. The summed E-state index contributed by atoms with van der Waals surface area (Å²) in [7, 11) is 0. The summed E-state index contributed by atoms with van der Waals surface area (Å²) in [6.45, 7) is 5.83. The molecule has 1 aromatic carbocycles. The highest BCUT2D eigenvalue weighted by molar-refractivity contribution is 6.33. The van der Waals surface area contributed by atoms with Gasteiger partial charge in [-0.2, -0.15) is 0 Å². The molecule has 0 aromatic heterocycles. The fourth-order valence-corrected chi connectivity index (χ4v) is 3.19. The monoisotopic (exact) mass is 361 g/mol. The van der Waals surface area contributed by atoms with Crippen molar-refractivity contribution in [1.82, 2.24) is 5.32 Å². The third kappa shape index (κ3) is 3.89. The van der Waals surface area contributed by atoms with Crippen molar-refractivity contribution in [1.29, 1.82) is 0 Å². The van der Waals surface area contributed by atoms with Crippen molar-refractivity contribution in [3.63, 3.8) is 0 Å². The van der Waals surface area contributed by atoms with Gasteiger partial charge in [0.2, 0.25) is 0 Å². The van der Waals surface area contributed by atoms with Crippen molar-refractivity contribution in [2.75, 3.05) is 0 Å². The van der Waals surface area contributed by atoms with Gasteiger partial charge >= 0.3 is 0 Å². The molecule has 2 heterocycles. The van der Waals surface area contributed by atoms with E-state index >= 15 is 0 Å². The predicted molar refractivity (Wildman–Crippen MR) is 96.1 cm³/mol. The van der Waals surface area contributed by atoms with Crippen LogP contribution in [0.3, 0.4) is 0 Å². The van der Waals surface area contributed by atoms with Gasteiger partial charge < -0.3 is 20.3 Å². The third-order valence-corrected chi connectivity index (χ3v) is 4.70. The van der Waals surface area contributed by atoms with E-state index in [1.165, 1.54) is 0 Å². The van der Waals surface area contributed by atoms with Crippen molar-refractivity contribution in [3.05, 3.63) is 58.7 Å². The van der Waals surface area contributed by atoms with Crippen LogP contribution in [0.4, 0.5) is 0 Å². The summed E-state index contributed by atoms with van der Waals surface area (Å²) < 4.78 is 5.56. The van der Waals surface area contributed by atoms with E-state index in [4.69, 9.17) is 16.3 Å². The number of fused-ring (bicyclic) bond motifs is 2. The standard InChI is InChI=1S/C19H20ClNO4/c1-10-5-3-4-6-15-16(25-15)8-11(2)21-19(24)17-12(7-10)18(20)14(23)9-13(17)22/h3-6,9,11,15-16,22-23H,1,7-8H2,2H3,(H,21,24)/b5-3+,6-4+. The Morgan fingerprint density at radius 3 is 2.84 bits per heavy atom. The minimum Gasteiger partial charge on any atom is -0.507 e. The molecule has 0 saturated carbocycles. The van der Waals surface area contributed by atoms with Gasteiger partial charge in [-0.05, 0) is 25.3 Å². The molecule has 1 amide bonds. The maximum atomic E-state index is 12.7. The van der Waals surface area contributed by atoms with Gasteiger partial charge in [0.05, 0.1) is 16.7 Å². The van der Waals surface area contributed by atoms with Crippen molar-refractivity contribution in [3.8, 4) is 11.5 Å². The molecule has 3 unspecified atom stereocenters. The number of aromatic hydroxyl groups is 2. The first kappa shape index (κ1) is 17.6. The van der Waals surface area contributed by atoms with E-state index in [1.54, 1.807) is 6.08 Å². The number of amides is 1. The molecule has 2 aliphatic rings. The summed E-state index contributed by atoms with van der Waals surface area (Å²) in [6, 6.07) is 0.938. The molecule has 0 aliphatic carbocycles. The maximum absolute atomic E-state index is 12.7. The fourth-order valence-electron chi connectivity index (χ4n) is 2.97. The van der Waals surface area contributed by atoms with Gasteiger partial charge in [0.1, 0.15) is 17.6 Å². The number of carbonyl (C=O) groups is 1. The molecular weight excluding hydrogens is 342 g/mol. The first-order valence-corrected chi connectivity index (χ1v) is 8.47. The average molecular weight is 362 g/mol. The zero-order chi connectivity index (χ0) is 18.1. The first-order valence-electron chi connectivity index (χ1n) is 8.09. The summed E-state index contributed by atoms with van der Waals surface area (Å²) in [6.07, 6.45) is 8.52. The van der Waals surface area contributed by atoms with E-state index < -0.39 is 5.91 Å². The lowest BCUT2D eigenvalue weighted by Crippen LogP contribution is -2.34. The van der Waals surface area contributed by atoms with Crippen molar-refractivity contribution >= 4 is 17.5 Å². The minimum absolute atomic E-state index is 0.0402. The van der Waals surface area contributed by atoms with Crippen LogP contribution in [0, 0.1) is 0 Å². The van der Waals surface area contributed by atoms with Crippen LogP contribution in [0.25, 0.3) is 0 Å². The summed E-state index contributed by atoms with van der Waals surface area (Å²) in [5, 5.41) is 23.0. The minimum atomic E-state index is -0.441. The van der Waals surface area contributed by atoms with Gasteiger partial charge in [0.15, 0.2) is 0 Å². The SMILES string of the molecule is C=C1/C=C/C=C/C2OC2CC(C)NC(=O)c2c(O)cc(O)c(Cl)c2C1. The van der Waals surface area contributed by atoms with Crippen LogP contribution in [0.5, 0.6) is 11.5 Å². The summed E-state index contributed by atoms with van der Waals surface area (Å²) in [5.74, 6) is -1.03. The molecule has 3 N–H and O–H groups in total. The number of hydrogen-bond donors (Lipinski definition) is 3. The Kier molecular flexibility index (Phi) is 4.88. The number of ether oxygens (including phenoxy) is 1. The number of benzene rings is 1. The average Bonchev–Trinajstić information content (AvgIpc) is 3.25. The number of carbonyl (C=O) groups excluding carboxylic acids is 1. The molecule has 0 bridgehead atoms. The van der Waals surface area contributed by atoms with Crippen LogP contribution in [0.1, 0.15) is 29.3 Å². The van der Waals surface area contributed by atoms with Crippen LogP contribution < -0.4 is 5.32 Å². The lowest BCUT2D eigenvalue weighted by molar-refractivity contribution is 0.0933. The number of allylic oxidation sites excluding steroid dienone is 4. The number of phenols is 2. The van der Waals surface area contributed by atoms with Gasteiger partial charge in [-0.15, -0.1) is 0 Å². The Morgan fingerprint density at radius 1 is 1.32 bits per heavy atom. The van der Waals surface area contributed by atoms with Gasteiger partial charge in [-0.25, -0.2) is 0 Å². The zero-order valence-electron chi connectivity index (χ0n) is 13.8. The summed E-state index contributed by atoms with van der Waals surface area (Å²) in [5.41, 5.74) is 1.09. The molecule has 3 atom stereocenters. The van der Waals surface area contributed by atoms with Gasteiger partial charge in [0, 0.05) is 12.1 Å². The summed E-state index contributed by atoms with van der Waals surface area (Å²) in [4.78, 5) is 12.7. The molecule has 5 nitrogen and oxygen atoms in total. The van der Waals surface area contributed by atoms with E-state index in [-0.39, 0.29) is 46.8 Å². The van der Waals surface area contributed by atoms with Crippen molar-refractivity contribution < 1.29 is 19.7 Å². The van der Waals surface area contributed by atoms with Gasteiger partial charge in [0.25, 0.3) is 5.91 Å². The van der Waals surface area contributed by atoms with E-state index in [9.17, 15) is 15.0 Å². The first-order chi connectivity index (χ1) is 11.9. The second kappa shape index (κ2) is 6.94. The highest BCUT2D eigenvalue weighted by Crippen LogP contribution is 2.37. The van der Waals surface area contributed by atoms with Crippen molar-refractivity contribution in [2.24, 2.45) is 0 Å². The molecule has 2 aliphatic heterocycles. The second-order valence-corrected chi connectivity index (χ2v) is 6.79. The number of epoxide rings is 1. The molecule has 6 heteroatoms. The van der Waals surface area contributed by atoms with Crippen LogP contribution in [0.15, 0.2) is 42.5 Å². The molecule has 132 valence electrons. The molecule has 0 radical (unpaired) electrons. The topological polar surface area (TPSA) is 82.1 Å². The van der Waals surface area contributed by atoms with Gasteiger partial charge in [-0.3, -0.25) is 4.79 Å². The van der Waals surface area contributed by atoms with E-state index in [2.05, 4.69) is 11.9 Å². The Labute approximate surface area is 151 Å². The fraction of sp³-hybridized carbons (Fsp3) is 0.316. The smallest absolute Gasteiger partial charge is 0.255 e. The van der Waals surface area contributed by atoms with Crippen LogP contribution in [-0.2, 0) is 11.2 Å². The Bertz CT molecular complexity index is 784. The molecule has 0 spiro atoms. The number of phenolic OH excluding ortho intramolecular Hbond substituents is 2. The maximum Gasteiger partial charge on any atom is 0.255 e. The Morgan fingerprint density at radius 2 is 2.08 bits per heavy atom.